The van der Waals surface area contributed by atoms with Gasteiger partial charge in [0.15, 0.2) is 0 Å². The van der Waals surface area contributed by atoms with Crippen molar-refractivity contribution in [3.63, 3.8) is 0 Å². The van der Waals surface area contributed by atoms with Gasteiger partial charge in [0.1, 0.15) is 11.5 Å². The number of hydrogen-bond acceptors (Lipinski definition) is 6. The maximum absolute atomic E-state index is 13.4. The normalized spacial score (nSPS) is 11.7. The molecule has 9 nitrogen and oxygen atoms in total. The Morgan fingerprint density at radius 3 is 2.21 bits per heavy atom. The third-order valence-corrected chi connectivity index (χ3v) is 6.92. The topological polar surface area (TPSA) is 130 Å². The summed E-state index contributed by atoms with van der Waals surface area (Å²) in [5.74, 6) is -1.83. The molecule has 4 rings (SSSR count). The Bertz CT molecular complexity index is 1630. The van der Waals surface area contributed by atoms with Crippen LogP contribution >= 0.6 is 11.8 Å². The smallest absolute Gasteiger partial charge is 0.272 e. The fraction of sp³-hybridized carbons (Fsp3) is 0.0645. The van der Waals surface area contributed by atoms with E-state index >= 15 is 0 Å². The number of thioether (sulfide) groups is 1. The van der Waals surface area contributed by atoms with Gasteiger partial charge in [0.2, 0.25) is 5.91 Å². The van der Waals surface area contributed by atoms with Gasteiger partial charge in [0.05, 0.1) is 10.2 Å². The fourth-order valence-corrected chi connectivity index (χ4v) is 4.61. The average molecular weight is 585 g/mol. The van der Waals surface area contributed by atoms with Gasteiger partial charge in [-0.1, -0.05) is 36.4 Å². The minimum Gasteiger partial charge on any atom is -0.325 e. The molecule has 4 aromatic rings. The van der Waals surface area contributed by atoms with Crippen molar-refractivity contribution < 1.29 is 23.7 Å². The molecule has 0 fully saturated rings. The standard InChI is InChI=1S/C31H25FN4O5S/c1-20(29(37)33-24-14-16-26(17-15-24)36(40)41)42-27-9-5-8-25(19-27)34-31(39)28(18-21-10-12-23(32)13-11-21)35-30(38)22-6-3-2-4-7-22/h2-20H,1H3,(H,33,37)(H,34,39)(H,35,38)/b28-18-. The maximum Gasteiger partial charge on any atom is 0.272 e. The predicted molar refractivity (Wildman–Crippen MR) is 160 cm³/mol. The number of non-ortho nitro benzene ring substituents is 1. The first-order valence-corrected chi connectivity index (χ1v) is 13.5. The van der Waals surface area contributed by atoms with Gasteiger partial charge in [0, 0.05) is 34.0 Å². The third-order valence-electron chi connectivity index (χ3n) is 5.83. The van der Waals surface area contributed by atoms with E-state index in [0.717, 1.165) is 0 Å². The van der Waals surface area contributed by atoms with Gasteiger partial charge in [0.25, 0.3) is 17.5 Å². The Labute approximate surface area is 245 Å². The van der Waals surface area contributed by atoms with Crippen LogP contribution in [0.1, 0.15) is 22.8 Å². The van der Waals surface area contributed by atoms with E-state index in [4.69, 9.17) is 0 Å². The number of amides is 3. The number of carbonyl (C=O) groups excluding carboxylic acids is 3. The third kappa shape index (κ3) is 8.35. The summed E-state index contributed by atoms with van der Waals surface area (Å²) >= 11 is 1.25. The second-order valence-electron chi connectivity index (χ2n) is 8.96. The van der Waals surface area contributed by atoms with E-state index in [9.17, 15) is 28.9 Å². The molecule has 212 valence electrons. The lowest BCUT2D eigenvalue weighted by Crippen LogP contribution is -2.30. The van der Waals surface area contributed by atoms with E-state index in [2.05, 4.69) is 16.0 Å². The van der Waals surface area contributed by atoms with E-state index in [-0.39, 0.29) is 17.3 Å². The van der Waals surface area contributed by atoms with Crippen LogP contribution in [0.3, 0.4) is 0 Å². The molecule has 3 amide bonds. The first kappa shape index (κ1) is 29.7. The van der Waals surface area contributed by atoms with Gasteiger partial charge in [-0.05, 0) is 73.2 Å². The Balaban J connectivity index is 1.45. The van der Waals surface area contributed by atoms with Crippen LogP contribution in [0.4, 0.5) is 21.5 Å². The van der Waals surface area contributed by atoms with E-state index in [1.54, 1.807) is 61.5 Å². The van der Waals surface area contributed by atoms with Crippen molar-refractivity contribution in [3.05, 3.63) is 136 Å². The number of nitro groups is 1. The molecular formula is C31H25FN4O5S. The number of rotatable bonds is 10. The molecule has 42 heavy (non-hydrogen) atoms. The van der Waals surface area contributed by atoms with Gasteiger partial charge >= 0.3 is 0 Å². The Morgan fingerprint density at radius 1 is 0.857 bits per heavy atom. The molecule has 1 unspecified atom stereocenters. The van der Waals surface area contributed by atoms with Crippen LogP contribution in [0.15, 0.2) is 114 Å². The Hall–Kier alpha value is -5.29. The van der Waals surface area contributed by atoms with Crippen LogP contribution in [-0.2, 0) is 9.59 Å². The quantitative estimate of drug-likeness (QED) is 0.0873. The summed E-state index contributed by atoms with van der Waals surface area (Å²) in [4.78, 5) is 49.8. The molecule has 0 heterocycles. The van der Waals surface area contributed by atoms with Gasteiger partial charge in [-0.2, -0.15) is 0 Å². The van der Waals surface area contributed by atoms with Gasteiger partial charge in [-0.25, -0.2) is 4.39 Å². The highest BCUT2D eigenvalue weighted by Gasteiger charge is 2.18. The van der Waals surface area contributed by atoms with E-state index in [1.165, 1.54) is 66.4 Å². The minimum atomic E-state index is -0.602. The highest BCUT2D eigenvalue weighted by molar-refractivity contribution is 8.00. The zero-order chi connectivity index (χ0) is 30.1. The molecule has 3 N–H and O–H groups in total. The van der Waals surface area contributed by atoms with Crippen molar-refractivity contribution in [2.45, 2.75) is 17.1 Å². The lowest BCUT2D eigenvalue weighted by atomic mass is 10.1. The van der Waals surface area contributed by atoms with Crippen LogP contribution in [0, 0.1) is 15.9 Å². The van der Waals surface area contributed by atoms with Crippen molar-refractivity contribution in [2.24, 2.45) is 0 Å². The molecule has 0 aliphatic rings. The molecule has 1 atom stereocenters. The number of hydrogen-bond donors (Lipinski definition) is 3. The monoisotopic (exact) mass is 584 g/mol. The summed E-state index contributed by atoms with van der Waals surface area (Å²) in [5.41, 5.74) is 1.58. The molecule has 0 saturated carbocycles. The van der Waals surface area contributed by atoms with Crippen molar-refractivity contribution in [2.75, 3.05) is 10.6 Å². The minimum absolute atomic E-state index is 0.0515. The molecule has 0 saturated heterocycles. The van der Waals surface area contributed by atoms with Crippen molar-refractivity contribution in [1.29, 1.82) is 0 Å². The first-order chi connectivity index (χ1) is 20.2. The number of benzene rings is 4. The highest BCUT2D eigenvalue weighted by Crippen LogP contribution is 2.27. The molecule has 0 bridgehead atoms. The Kier molecular flexibility index (Phi) is 9.80. The number of nitro benzene ring substituents is 1. The summed E-state index contributed by atoms with van der Waals surface area (Å²) < 4.78 is 13.4. The average Bonchev–Trinajstić information content (AvgIpc) is 2.98. The van der Waals surface area contributed by atoms with Crippen molar-refractivity contribution in [1.82, 2.24) is 5.32 Å². The molecule has 0 aromatic heterocycles. The summed E-state index contributed by atoms with van der Waals surface area (Å²) in [7, 11) is 0. The number of anilines is 2. The SMILES string of the molecule is CC(Sc1cccc(NC(=O)/C(=C/c2ccc(F)cc2)NC(=O)c2ccccc2)c1)C(=O)Nc1ccc([N+](=O)[O-])cc1. The molecule has 4 aromatic carbocycles. The summed E-state index contributed by atoms with van der Waals surface area (Å²) in [6.07, 6.45) is 1.44. The lowest BCUT2D eigenvalue weighted by Gasteiger charge is -2.14. The zero-order valence-electron chi connectivity index (χ0n) is 22.2. The molecular weight excluding hydrogens is 559 g/mol. The Morgan fingerprint density at radius 2 is 1.55 bits per heavy atom. The van der Waals surface area contributed by atoms with E-state index in [0.29, 0.717) is 27.4 Å². The van der Waals surface area contributed by atoms with Crippen LogP contribution in [-0.4, -0.2) is 27.9 Å². The van der Waals surface area contributed by atoms with Gasteiger partial charge in [-0.15, -0.1) is 11.8 Å². The van der Waals surface area contributed by atoms with Crippen molar-refractivity contribution >= 4 is 52.6 Å². The second kappa shape index (κ2) is 13.9. The van der Waals surface area contributed by atoms with E-state index in [1.807, 2.05) is 0 Å². The largest absolute Gasteiger partial charge is 0.325 e. The zero-order valence-corrected chi connectivity index (χ0v) is 23.1. The van der Waals surface area contributed by atoms with Crippen LogP contribution in [0.25, 0.3) is 6.08 Å². The summed E-state index contributed by atoms with van der Waals surface area (Å²) in [6.45, 7) is 1.71. The van der Waals surface area contributed by atoms with Crippen LogP contribution < -0.4 is 16.0 Å². The van der Waals surface area contributed by atoms with E-state index < -0.39 is 27.8 Å². The van der Waals surface area contributed by atoms with Crippen LogP contribution in [0.2, 0.25) is 0 Å². The molecule has 0 aliphatic heterocycles. The number of halogens is 1. The fourth-order valence-electron chi connectivity index (χ4n) is 3.68. The van der Waals surface area contributed by atoms with Crippen molar-refractivity contribution in [3.8, 4) is 0 Å². The van der Waals surface area contributed by atoms with Crippen LogP contribution in [0.5, 0.6) is 0 Å². The maximum atomic E-state index is 13.4. The molecule has 11 heteroatoms. The van der Waals surface area contributed by atoms with Gasteiger partial charge < -0.3 is 16.0 Å². The first-order valence-electron chi connectivity index (χ1n) is 12.6. The number of nitrogens with one attached hydrogen (secondary N) is 3. The summed E-state index contributed by atoms with van der Waals surface area (Å²) in [6, 6.07) is 26.2. The summed E-state index contributed by atoms with van der Waals surface area (Å²) in [5, 5.41) is 18.4. The predicted octanol–water partition coefficient (Wildman–Crippen LogP) is 6.26. The number of nitrogens with zero attached hydrogens (tertiary/aromatic N) is 1. The second-order valence-corrected chi connectivity index (χ2v) is 10.4. The van der Waals surface area contributed by atoms with Gasteiger partial charge in [-0.3, -0.25) is 24.5 Å². The highest BCUT2D eigenvalue weighted by atomic mass is 32.2. The molecule has 0 aliphatic carbocycles. The lowest BCUT2D eigenvalue weighted by molar-refractivity contribution is -0.384. The molecule has 0 radical (unpaired) electrons. The number of carbonyl (C=O) groups is 3. The molecule has 0 spiro atoms.